The minimum absolute atomic E-state index is 0.0491. The minimum atomic E-state index is -4.71. The fourth-order valence-corrected chi connectivity index (χ4v) is 4.74. The number of anilines is 4. The SMILES string of the molecule is NC(=O)[C@H](Cc1ccccc1)N(Cl)Cc1ccc(Nc2cc(C(F)(F)F)ccc2Nc2ccccc2C(=O)O)c(C(=O)O)c1. The molecule has 1 atom stereocenters. The molecule has 0 radical (unpaired) electrons. The molecule has 0 saturated heterocycles. The Morgan fingerprint density at radius 3 is 1.98 bits per heavy atom. The summed E-state index contributed by atoms with van der Waals surface area (Å²) in [6, 6.07) is 20.8. The Morgan fingerprint density at radius 1 is 0.750 bits per heavy atom. The van der Waals surface area contributed by atoms with E-state index in [2.05, 4.69) is 10.6 Å². The number of primary amides is 1. The van der Waals surface area contributed by atoms with Crippen LogP contribution in [0.4, 0.5) is 35.9 Å². The number of aromatic carboxylic acids is 2. The van der Waals surface area contributed by atoms with E-state index in [1.54, 1.807) is 30.3 Å². The second-order valence-electron chi connectivity index (χ2n) is 9.71. The van der Waals surface area contributed by atoms with E-state index >= 15 is 0 Å². The van der Waals surface area contributed by atoms with Gasteiger partial charge in [-0.3, -0.25) is 4.79 Å². The topological polar surface area (TPSA) is 145 Å². The van der Waals surface area contributed by atoms with E-state index in [9.17, 15) is 37.8 Å². The zero-order chi connectivity index (χ0) is 32.0. The van der Waals surface area contributed by atoms with E-state index in [1.807, 2.05) is 6.07 Å². The van der Waals surface area contributed by atoms with Gasteiger partial charge in [0.25, 0.3) is 0 Å². The molecule has 44 heavy (non-hydrogen) atoms. The Balaban J connectivity index is 1.66. The number of hydrogen-bond acceptors (Lipinski definition) is 6. The second-order valence-corrected chi connectivity index (χ2v) is 10.1. The van der Waals surface area contributed by atoms with E-state index in [0.717, 1.165) is 28.2 Å². The van der Waals surface area contributed by atoms with Gasteiger partial charge in [0.2, 0.25) is 5.91 Å². The third-order valence-corrected chi connectivity index (χ3v) is 6.98. The quantitative estimate of drug-likeness (QED) is 0.110. The van der Waals surface area contributed by atoms with Gasteiger partial charge in [-0.25, -0.2) is 14.0 Å². The van der Waals surface area contributed by atoms with Gasteiger partial charge in [-0.15, -0.1) is 0 Å². The monoisotopic (exact) mass is 626 g/mol. The van der Waals surface area contributed by atoms with Crippen molar-refractivity contribution < 1.29 is 37.8 Å². The van der Waals surface area contributed by atoms with Gasteiger partial charge in [-0.1, -0.05) is 48.5 Å². The number of amides is 1. The summed E-state index contributed by atoms with van der Waals surface area (Å²) in [5.41, 5.74) is 5.30. The first kappa shape index (κ1) is 31.9. The van der Waals surface area contributed by atoms with Gasteiger partial charge in [-0.2, -0.15) is 13.2 Å². The lowest BCUT2D eigenvalue weighted by Gasteiger charge is -2.23. The molecule has 0 bridgehead atoms. The lowest BCUT2D eigenvalue weighted by Crippen LogP contribution is -2.41. The summed E-state index contributed by atoms with van der Waals surface area (Å²) in [5.74, 6) is -3.33. The molecule has 0 aliphatic rings. The van der Waals surface area contributed by atoms with Gasteiger partial charge in [0.1, 0.15) is 6.04 Å². The van der Waals surface area contributed by atoms with E-state index in [0.29, 0.717) is 5.56 Å². The molecular weight excluding hydrogens is 601 g/mol. The highest BCUT2D eigenvalue weighted by Crippen LogP contribution is 2.37. The molecule has 1 amide bonds. The van der Waals surface area contributed by atoms with E-state index < -0.39 is 35.6 Å². The third-order valence-electron chi connectivity index (χ3n) is 6.63. The molecule has 6 N–H and O–H groups in total. The number of carboxylic acid groups (broad SMARTS) is 2. The largest absolute Gasteiger partial charge is 0.478 e. The van der Waals surface area contributed by atoms with Crippen LogP contribution in [0, 0.1) is 0 Å². The molecule has 9 nitrogen and oxygen atoms in total. The fraction of sp³-hybridized carbons (Fsp3) is 0.129. The first-order chi connectivity index (χ1) is 20.8. The van der Waals surface area contributed by atoms with Crippen LogP contribution in [0.2, 0.25) is 0 Å². The van der Waals surface area contributed by atoms with Crippen LogP contribution in [0.1, 0.15) is 37.4 Å². The Kier molecular flexibility index (Phi) is 9.77. The summed E-state index contributed by atoms with van der Waals surface area (Å²) in [7, 11) is 0. The van der Waals surface area contributed by atoms with Crippen LogP contribution < -0.4 is 16.4 Å². The molecule has 0 aromatic heterocycles. The van der Waals surface area contributed by atoms with Crippen LogP contribution >= 0.6 is 11.8 Å². The van der Waals surface area contributed by atoms with Crippen molar-refractivity contribution in [2.24, 2.45) is 5.73 Å². The van der Waals surface area contributed by atoms with Gasteiger partial charge < -0.3 is 26.6 Å². The Bertz CT molecular complexity index is 1680. The third kappa shape index (κ3) is 7.85. The predicted octanol–water partition coefficient (Wildman–Crippen LogP) is 6.64. The minimum Gasteiger partial charge on any atom is -0.478 e. The molecular formula is C31H26ClF3N4O5. The van der Waals surface area contributed by atoms with Crippen molar-refractivity contribution in [3.63, 3.8) is 0 Å². The van der Waals surface area contributed by atoms with Gasteiger partial charge in [0.15, 0.2) is 0 Å². The number of halogens is 4. The standard InChI is InChI=1S/C31H26ClF3N4O5/c32-39(27(28(36)40)15-18-6-2-1-3-7-18)17-19-10-12-24(22(14-19)30(43)44)38-26-16-20(31(33,34)35)11-13-25(26)37-23-9-5-4-8-21(23)29(41)42/h1-14,16,27,37-38H,15,17H2,(H2,36,40)(H,41,42)(H,43,44)/t27-/m0/s1. The van der Waals surface area contributed by atoms with Crippen molar-refractivity contribution in [1.82, 2.24) is 4.42 Å². The van der Waals surface area contributed by atoms with Crippen LogP contribution in [0.5, 0.6) is 0 Å². The van der Waals surface area contributed by atoms with Crippen molar-refractivity contribution in [3.05, 3.63) is 119 Å². The molecule has 0 fully saturated rings. The summed E-state index contributed by atoms with van der Waals surface area (Å²) in [5, 5.41) is 25.0. The smallest absolute Gasteiger partial charge is 0.416 e. The number of nitrogens with zero attached hydrogens (tertiary/aromatic N) is 1. The summed E-state index contributed by atoms with van der Waals surface area (Å²) in [6.07, 6.45) is -4.50. The number of alkyl halides is 3. The number of benzene rings is 4. The van der Waals surface area contributed by atoms with E-state index in [1.165, 1.54) is 36.4 Å². The van der Waals surface area contributed by atoms with E-state index in [4.69, 9.17) is 17.5 Å². The molecule has 0 saturated carbocycles. The summed E-state index contributed by atoms with van der Waals surface area (Å²) < 4.78 is 42.0. The van der Waals surface area contributed by atoms with Crippen molar-refractivity contribution in [1.29, 1.82) is 0 Å². The lowest BCUT2D eigenvalue weighted by atomic mass is 10.0. The number of carbonyl (C=O) groups is 3. The van der Waals surface area contributed by atoms with Gasteiger partial charge >= 0.3 is 18.1 Å². The number of carbonyl (C=O) groups excluding carboxylic acids is 1. The van der Waals surface area contributed by atoms with Crippen molar-refractivity contribution in [2.45, 2.75) is 25.2 Å². The average molecular weight is 627 g/mol. The van der Waals surface area contributed by atoms with Crippen molar-refractivity contribution >= 4 is 52.4 Å². The number of hydrogen-bond donors (Lipinski definition) is 5. The van der Waals surface area contributed by atoms with Crippen LogP contribution in [-0.2, 0) is 23.9 Å². The highest BCUT2D eigenvalue weighted by atomic mass is 35.5. The molecule has 0 heterocycles. The van der Waals surface area contributed by atoms with Gasteiger partial charge in [0.05, 0.1) is 39.4 Å². The normalized spacial score (nSPS) is 12.0. The maximum atomic E-state index is 13.6. The number of nitrogens with one attached hydrogen (secondary N) is 2. The van der Waals surface area contributed by atoms with E-state index in [-0.39, 0.29) is 46.8 Å². The number of carboxylic acids is 2. The molecule has 228 valence electrons. The van der Waals surface area contributed by atoms with Crippen molar-refractivity contribution in [2.75, 3.05) is 10.6 Å². The summed E-state index contributed by atoms with van der Waals surface area (Å²) in [6.45, 7) is -0.0785. The molecule has 4 rings (SSSR count). The number of rotatable bonds is 12. The highest BCUT2D eigenvalue weighted by molar-refractivity contribution is 6.15. The maximum Gasteiger partial charge on any atom is 0.416 e. The van der Waals surface area contributed by atoms with Crippen LogP contribution in [0.15, 0.2) is 91.0 Å². The van der Waals surface area contributed by atoms with Gasteiger partial charge in [-0.05, 0) is 71.8 Å². The summed E-state index contributed by atoms with van der Waals surface area (Å²) in [4.78, 5) is 36.1. The Hall–Kier alpha value is -5.07. The zero-order valence-electron chi connectivity index (χ0n) is 22.8. The second kappa shape index (κ2) is 13.5. The molecule has 4 aromatic carbocycles. The van der Waals surface area contributed by atoms with Crippen LogP contribution in [-0.4, -0.2) is 38.5 Å². The fourth-order valence-electron chi connectivity index (χ4n) is 4.44. The number of para-hydroxylation sites is 1. The van der Waals surface area contributed by atoms with Gasteiger partial charge in [0, 0.05) is 6.54 Å². The van der Waals surface area contributed by atoms with Crippen molar-refractivity contribution in [3.8, 4) is 0 Å². The molecule has 0 spiro atoms. The Morgan fingerprint density at radius 2 is 1.34 bits per heavy atom. The first-order valence-electron chi connectivity index (χ1n) is 13.0. The average Bonchev–Trinajstić information content (AvgIpc) is 2.97. The summed E-state index contributed by atoms with van der Waals surface area (Å²) >= 11 is 6.43. The molecule has 4 aromatic rings. The predicted molar refractivity (Wildman–Crippen MR) is 159 cm³/mol. The molecule has 0 aliphatic carbocycles. The maximum absolute atomic E-state index is 13.6. The number of nitrogens with two attached hydrogens (primary N) is 1. The molecule has 0 aliphatic heterocycles. The lowest BCUT2D eigenvalue weighted by molar-refractivity contribution is -0.137. The zero-order valence-corrected chi connectivity index (χ0v) is 23.6. The highest BCUT2D eigenvalue weighted by Gasteiger charge is 2.31. The first-order valence-corrected chi connectivity index (χ1v) is 13.4. The van der Waals surface area contributed by atoms with Crippen LogP contribution in [0.25, 0.3) is 0 Å². The molecule has 0 unspecified atom stereocenters. The molecule has 13 heteroatoms. The Labute approximate surface area is 254 Å². The van der Waals surface area contributed by atoms with Crippen LogP contribution in [0.3, 0.4) is 0 Å².